The van der Waals surface area contributed by atoms with Crippen LogP contribution in [0.15, 0.2) is 11.6 Å². The zero-order valence-electron chi connectivity index (χ0n) is 8.11. The first kappa shape index (κ1) is 8.03. The molecule has 0 saturated heterocycles. The summed E-state index contributed by atoms with van der Waals surface area (Å²) in [5, 5.41) is 0. The monoisotopic (exact) mass is 164 g/mol. The number of carbonyl (C=O) groups is 1. The molecule has 0 spiro atoms. The number of fused-ring (bicyclic) bond motifs is 1. The highest BCUT2D eigenvalue weighted by Crippen LogP contribution is 2.59. The van der Waals surface area contributed by atoms with Gasteiger partial charge in [0.2, 0.25) is 0 Å². The summed E-state index contributed by atoms with van der Waals surface area (Å²) in [7, 11) is 0. The summed E-state index contributed by atoms with van der Waals surface area (Å²) in [6, 6.07) is 0. The van der Waals surface area contributed by atoms with Crippen LogP contribution in [-0.4, -0.2) is 5.78 Å². The highest BCUT2D eigenvalue weighted by molar-refractivity contribution is 5.90. The van der Waals surface area contributed by atoms with Gasteiger partial charge in [0.05, 0.1) is 0 Å². The van der Waals surface area contributed by atoms with Crippen molar-refractivity contribution in [3.05, 3.63) is 11.6 Å². The molecule has 0 N–H and O–H groups in total. The van der Waals surface area contributed by atoms with Gasteiger partial charge in [-0.2, -0.15) is 0 Å². The number of ketones is 1. The minimum absolute atomic E-state index is 0.128. The molecule has 2 aliphatic carbocycles. The Labute approximate surface area is 73.8 Å². The van der Waals surface area contributed by atoms with Crippen LogP contribution in [0.4, 0.5) is 0 Å². The van der Waals surface area contributed by atoms with E-state index in [0.717, 1.165) is 19.3 Å². The van der Waals surface area contributed by atoms with Gasteiger partial charge in [0, 0.05) is 11.8 Å². The SMILES string of the molecule is CC1=C[C@@]2(C)C(=O)CC[C@@]2(C)C1. The van der Waals surface area contributed by atoms with Crippen molar-refractivity contribution in [1.82, 2.24) is 0 Å². The van der Waals surface area contributed by atoms with Crippen molar-refractivity contribution >= 4 is 5.78 Å². The average molecular weight is 164 g/mol. The molecule has 0 aliphatic heterocycles. The highest BCUT2D eigenvalue weighted by atomic mass is 16.1. The standard InChI is InChI=1S/C11H16O/c1-8-6-10(2)5-4-9(12)11(10,3)7-8/h7H,4-6H2,1-3H3/t10-,11-/m0/s1. The van der Waals surface area contributed by atoms with Crippen LogP contribution in [0.2, 0.25) is 0 Å². The molecule has 2 aliphatic rings. The molecule has 12 heavy (non-hydrogen) atoms. The van der Waals surface area contributed by atoms with Gasteiger partial charge in [-0.1, -0.05) is 18.6 Å². The van der Waals surface area contributed by atoms with Gasteiger partial charge in [0.15, 0.2) is 0 Å². The third-order valence-electron chi connectivity index (χ3n) is 3.94. The van der Waals surface area contributed by atoms with E-state index >= 15 is 0 Å². The summed E-state index contributed by atoms with van der Waals surface area (Å²) >= 11 is 0. The van der Waals surface area contributed by atoms with E-state index in [9.17, 15) is 4.79 Å². The number of allylic oxidation sites excluding steroid dienone is 2. The van der Waals surface area contributed by atoms with Crippen molar-refractivity contribution in [2.75, 3.05) is 0 Å². The molecule has 0 heterocycles. The van der Waals surface area contributed by atoms with Gasteiger partial charge < -0.3 is 0 Å². The molecular weight excluding hydrogens is 148 g/mol. The topological polar surface area (TPSA) is 17.1 Å². The largest absolute Gasteiger partial charge is 0.299 e. The van der Waals surface area contributed by atoms with Crippen LogP contribution in [-0.2, 0) is 4.79 Å². The van der Waals surface area contributed by atoms with E-state index in [1.807, 2.05) is 0 Å². The van der Waals surface area contributed by atoms with E-state index in [2.05, 4.69) is 26.8 Å². The molecular formula is C11H16O. The van der Waals surface area contributed by atoms with E-state index < -0.39 is 0 Å². The molecule has 1 nitrogen and oxygen atoms in total. The third kappa shape index (κ3) is 0.720. The fraction of sp³-hybridized carbons (Fsp3) is 0.727. The molecule has 0 bridgehead atoms. The molecule has 0 unspecified atom stereocenters. The fourth-order valence-corrected chi connectivity index (χ4v) is 2.93. The zero-order chi connectivity index (χ0) is 8.98. The lowest BCUT2D eigenvalue weighted by atomic mass is 9.70. The smallest absolute Gasteiger partial charge is 0.143 e. The number of rotatable bonds is 0. The summed E-state index contributed by atoms with van der Waals surface area (Å²) in [4.78, 5) is 11.7. The summed E-state index contributed by atoms with van der Waals surface area (Å²) in [5.74, 6) is 0.446. The molecule has 2 atom stereocenters. The van der Waals surface area contributed by atoms with Gasteiger partial charge in [-0.15, -0.1) is 0 Å². The van der Waals surface area contributed by atoms with Crippen molar-refractivity contribution < 1.29 is 4.79 Å². The van der Waals surface area contributed by atoms with Crippen molar-refractivity contribution in [3.63, 3.8) is 0 Å². The predicted octanol–water partition coefficient (Wildman–Crippen LogP) is 2.71. The molecule has 1 fully saturated rings. The van der Waals surface area contributed by atoms with Crippen molar-refractivity contribution in [2.24, 2.45) is 10.8 Å². The lowest BCUT2D eigenvalue weighted by Crippen LogP contribution is -2.31. The summed E-state index contributed by atoms with van der Waals surface area (Å²) in [6.07, 6.45) is 5.19. The van der Waals surface area contributed by atoms with Crippen LogP contribution in [0, 0.1) is 10.8 Å². The molecule has 0 aromatic carbocycles. The van der Waals surface area contributed by atoms with Gasteiger partial charge >= 0.3 is 0 Å². The maximum Gasteiger partial charge on any atom is 0.143 e. The second-order valence-corrected chi connectivity index (χ2v) is 4.85. The Hall–Kier alpha value is -0.590. The Morgan fingerprint density at radius 1 is 1.42 bits per heavy atom. The highest BCUT2D eigenvalue weighted by Gasteiger charge is 2.55. The zero-order valence-corrected chi connectivity index (χ0v) is 8.11. The first-order valence-electron chi connectivity index (χ1n) is 4.70. The number of carbonyl (C=O) groups excluding carboxylic acids is 1. The quantitative estimate of drug-likeness (QED) is 0.503. The molecule has 66 valence electrons. The summed E-state index contributed by atoms with van der Waals surface area (Å²) in [5.41, 5.74) is 1.51. The van der Waals surface area contributed by atoms with Crippen LogP contribution in [0.5, 0.6) is 0 Å². The minimum atomic E-state index is -0.128. The van der Waals surface area contributed by atoms with Crippen molar-refractivity contribution in [1.29, 1.82) is 0 Å². The first-order chi connectivity index (χ1) is 5.48. The lowest BCUT2D eigenvalue weighted by Gasteiger charge is -2.32. The van der Waals surface area contributed by atoms with Crippen molar-refractivity contribution in [2.45, 2.75) is 40.0 Å². The molecule has 2 rings (SSSR count). The van der Waals surface area contributed by atoms with Crippen LogP contribution in [0.3, 0.4) is 0 Å². The normalized spacial score (nSPS) is 46.2. The molecule has 0 aromatic heterocycles. The molecule has 1 saturated carbocycles. The van der Waals surface area contributed by atoms with Crippen LogP contribution < -0.4 is 0 Å². The van der Waals surface area contributed by atoms with E-state index in [0.29, 0.717) is 5.78 Å². The fourth-order valence-electron chi connectivity index (χ4n) is 2.93. The second-order valence-electron chi connectivity index (χ2n) is 4.85. The molecule has 1 heteroatoms. The Kier molecular flexibility index (Phi) is 1.35. The number of Topliss-reactive ketones (excluding diaryl/α,β-unsaturated/α-hetero) is 1. The van der Waals surface area contributed by atoms with Gasteiger partial charge in [0.25, 0.3) is 0 Å². The molecule has 0 amide bonds. The second kappa shape index (κ2) is 2.01. The van der Waals surface area contributed by atoms with Gasteiger partial charge in [-0.05, 0) is 32.1 Å². The van der Waals surface area contributed by atoms with Crippen molar-refractivity contribution in [3.8, 4) is 0 Å². The van der Waals surface area contributed by atoms with Crippen LogP contribution >= 0.6 is 0 Å². The molecule has 0 radical (unpaired) electrons. The first-order valence-corrected chi connectivity index (χ1v) is 4.70. The van der Waals surface area contributed by atoms with E-state index in [1.54, 1.807) is 0 Å². The Morgan fingerprint density at radius 3 is 2.67 bits per heavy atom. The van der Waals surface area contributed by atoms with E-state index in [-0.39, 0.29) is 10.8 Å². The predicted molar refractivity (Wildman–Crippen MR) is 48.8 cm³/mol. The summed E-state index contributed by atoms with van der Waals surface area (Å²) < 4.78 is 0. The number of hydrogen-bond acceptors (Lipinski definition) is 1. The van der Waals surface area contributed by atoms with Gasteiger partial charge in [-0.3, -0.25) is 4.79 Å². The minimum Gasteiger partial charge on any atom is -0.299 e. The Morgan fingerprint density at radius 2 is 2.08 bits per heavy atom. The summed E-state index contributed by atoms with van der Waals surface area (Å²) in [6.45, 7) is 6.51. The van der Waals surface area contributed by atoms with E-state index in [4.69, 9.17) is 0 Å². The average Bonchev–Trinajstić information content (AvgIpc) is 2.28. The van der Waals surface area contributed by atoms with Gasteiger partial charge in [0.1, 0.15) is 5.78 Å². The Bertz CT molecular complexity index is 277. The maximum atomic E-state index is 11.7. The maximum absolute atomic E-state index is 11.7. The van der Waals surface area contributed by atoms with E-state index in [1.165, 1.54) is 5.57 Å². The molecule has 0 aromatic rings. The van der Waals surface area contributed by atoms with Crippen LogP contribution in [0.25, 0.3) is 0 Å². The van der Waals surface area contributed by atoms with Crippen LogP contribution in [0.1, 0.15) is 40.0 Å². The van der Waals surface area contributed by atoms with Gasteiger partial charge in [-0.25, -0.2) is 0 Å². The third-order valence-corrected chi connectivity index (χ3v) is 3.94. The lowest BCUT2D eigenvalue weighted by molar-refractivity contribution is -0.125. The number of hydrogen-bond donors (Lipinski definition) is 0. The Balaban J connectivity index is 2.49.